The van der Waals surface area contributed by atoms with Crippen LogP contribution in [0.1, 0.15) is 17.0 Å². The summed E-state index contributed by atoms with van der Waals surface area (Å²) in [5.74, 6) is -0.377. The van der Waals surface area contributed by atoms with Crippen molar-refractivity contribution in [1.29, 1.82) is 0 Å². The van der Waals surface area contributed by atoms with Crippen LogP contribution in [0.25, 0.3) is 5.69 Å². The Morgan fingerprint density at radius 2 is 2.00 bits per heavy atom. The fourth-order valence-corrected chi connectivity index (χ4v) is 3.48. The molecule has 148 valence electrons. The third-order valence-corrected chi connectivity index (χ3v) is 5.08. The number of carbonyl (C=O) groups is 1. The van der Waals surface area contributed by atoms with Gasteiger partial charge in [-0.1, -0.05) is 22.9 Å². The number of alkyl halides is 3. The molecule has 0 radical (unpaired) electrons. The second kappa shape index (κ2) is 7.44. The molecule has 1 aromatic carbocycles. The normalized spacial score (nSPS) is 11.6. The Labute approximate surface area is 166 Å². The fraction of sp³-hybridized carbons (Fsp3) is 0.235. The SMILES string of the molecule is Cc1cc(NC(=O)Cn2c(C)csc2=O)n(-c2cc(C(F)(F)F)ccc2Cl)n1. The van der Waals surface area contributed by atoms with E-state index in [1.807, 2.05) is 0 Å². The summed E-state index contributed by atoms with van der Waals surface area (Å²) in [7, 11) is 0. The van der Waals surface area contributed by atoms with Crippen molar-refractivity contribution >= 4 is 34.7 Å². The van der Waals surface area contributed by atoms with Gasteiger partial charge in [0.25, 0.3) is 0 Å². The van der Waals surface area contributed by atoms with Crippen LogP contribution in [-0.4, -0.2) is 20.3 Å². The second-order valence-electron chi connectivity index (χ2n) is 6.02. The van der Waals surface area contributed by atoms with E-state index in [9.17, 15) is 22.8 Å². The predicted molar refractivity (Wildman–Crippen MR) is 100 cm³/mol. The van der Waals surface area contributed by atoms with Gasteiger partial charge < -0.3 is 5.32 Å². The average molecular weight is 431 g/mol. The summed E-state index contributed by atoms with van der Waals surface area (Å²) in [6.45, 7) is 3.10. The van der Waals surface area contributed by atoms with Crippen molar-refractivity contribution in [3.8, 4) is 5.69 Å². The van der Waals surface area contributed by atoms with Gasteiger partial charge in [0, 0.05) is 17.1 Å². The minimum Gasteiger partial charge on any atom is -0.309 e. The lowest BCUT2D eigenvalue weighted by Crippen LogP contribution is -2.26. The van der Waals surface area contributed by atoms with Crippen molar-refractivity contribution in [3.05, 3.63) is 61.3 Å². The van der Waals surface area contributed by atoms with Crippen LogP contribution in [-0.2, 0) is 17.5 Å². The molecule has 28 heavy (non-hydrogen) atoms. The number of halogens is 4. The van der Waals surface area contributed by atoms with Gasteiger partial charge in [-0.3, -0.25) is 14.2 Å². The third-order valence-electron chi connectivity index (χ3n) is 3.88. The van der Waals surface area contributed by atoms with E-state index in [4.69, 9.17) is 11.6 Å². The number of nitrogens with zero attached hydrogens (tertiary/aromatic N) is 3. The smallest absolute Gasteiger partial charge is 0.309 e. The maximum atomic E-state index is 13.0. The van der Waals surface area contributed by atoms with Gasteiger partial charge in [0.15, 0.2) is 0 Å². The first-order chi connectivity index (χ1) is 13.1. The highest BCUT2D eigenvalue weighted by Gasteiger charge is 2.31. The molecule has 0 atom stereocenters. The van der Waals surface area contributed by atoms with E-state index in [0.717, 1.165) is 34.2 Å². The van der Waals surface area contributed by atoms with Crippen molar-refractivity contribution in [1.82, 2.24) is 14.3 Å². The first-order valence-corrected chi connectivity index (χ1v) is 9.20. The maximum Gasteiger partial charge on any atom is 0.416 e. The monoisotopic (exact) mass is 430 g/mol. The Bertz CT molecular complexity index is 1100. The molecule has 11 heteroatoms. The summed E-state index contributed by atoms with van der Waals surface area (Å²) in [4.78, 5) is 23.8. The number of carbonyl (C=O) groups excluding carboxylic acids is 1. The van der Waals surface area contributed by atoms with Gasteiger partial charge in [0.2, 0.25) is 5.91 Å². The highest BCUT2D eigenvalue weighted by atomic mass is 35.5. The van der Waals surface area contributed by atoms with E-state index < -0.39 is 17.6 Å². The van der Waals surface area contributed by atoms with E-state index in [0.29, 0.717) is 11.4 Å². The number of nitrogens with one attached hydrogen (secondary N) is 1. The van der Waals surface area contributed by atoms with Crippen molar-refractivity contribution in [2.24, 2.45) is 0 Å². The lowest BCUT2D eigenvalue weighted by Gasteiger charge is -2.13. The largest absolute Gasteiger partial charge is 0.416 e. The van der Waals surface area contributed by atoms with Gasteiger partial charge in [0.05, 0.1) is 22.0 Å². The molecule has 0 aliphatic carbocycles. The number of thiazole rings is 1. The molecule has 0 aliphatic heterocycles. The van der Waals surface area contributed by atoms with Gasteiger partial charge in [-0.2, -0.15) is 18.3 Å². The zero-order chi connectivity index (χ0) is 20.6. The molecular formula is C17H14ClF3N4O2S. The van der Waals surface area contributed by atoms with Crippen LogP contribution in [0.4, 0.5) is 19.0 Å². The Hall–Kier alpha value is -2.59. The summed E-state index contributed by atoms with van der Waals surface area (Å²) in [6.07, 6.45) is -4.55. The van der Waals surface area contributed by atoms with E-state index in [1.54, 1.807) is 19.2 Å². The maximum absolute atomic E-state index is 13.0. The number of rotatable bonds is 4. The number of benzene rings is 1. The van der Waals surface area contributed by atoms with Gasteiger partial charge in [0.1, 0.15) is 12.4 Å². The Balaban J connectivity index is 1.94. The number of aryl methyl sites for hydroxylation is 2. The van der Waals surface area contributed by atoms with Crippen LogP contribution >= 0.6 is 22.9 Å². The Morgan fingerprint density at radius 1 is 1.29 bits per heavy atom. The molecule has 0 fully saturated rings. The molecule has 0 saturated heterocycles. The minimum atomic E-state index is -4.55. The first kappa shape index (κ1) is 20.2. The van der Waals surface area contributed by atoms with Gasteiger partial charge in [-0.25, -0.2) is 4.68 Å². The minimum absolute atomic E-state index is 0.0243. The van der Waals surface area contributed by atoms with E-state index in [2.05, 4.69) is 10.4 Å². The van der Waals surface area contributed by atoms with E-state index in [-0.39, 0.29) is 27.9 Å². The zero-order valence-corrected chi connectivity index (χ0v) is 16.2. The van der Waals surface area contributed by atoms with Crippen LogP contribution in [0.15, 0.2) is 34.4 Å². The molecule has 0 aliphatic rings. The van der Waals surface area contributed by atoms with Crippen molar-refractivity contribution < 1.29 is 18.0 Å². The third kappa shape index (κ3) is 4.12. The first-order valence-electron chi connectivity index (χ1n) is 7.95. The lowest BCUT2D eigenvalue weighted by atomic mass is 10.2. The molecule has 0 spiro atoms. The van der Waals surface area contributed by atoms with Crippen LogP contribution in [0.5, 0.6) is 0 Å². The Kier molecular flexibility index (Phi) is 5.35. The summed E-state index contributed by atoms with van der Waals surface area (Å²) in [5, 5.41) is 8.38. The number of aromatic nitrogens is 3. The molecule has 0 unspecified atom stereocenters. The lowest BCUT2D eigenvalue weighted by molar-refractivity contribution is -0.137. The standard InChI is InChI=1S/C17H14ClF3N4O2S/c1-9-5-14(22-15(26)7-24-10(2)8-28-16(24)27)25(23-9)13-6-11(17(19,20)21)3-4-12(13)18/h3-6,8H,7H2,1-2H3,(H,22,26). The summed E-state index contributed by atoms with van der Waals surface area (Å²) >= 11 is 7.05. The second-order valence-corrected chi connectivity index (χ2v) is 7.25. The van der Waals surface area contributed by atoms with Crippen LogP contribution in [0.3, 0.4) is 0 Å². The van der Waals surface area contributed by atoms with Crippen LogP contribution in [0.2, 0.25) is 5.02 Å². The van der Waals surface area contributed by atoms with E-state index in [1.165, 1.54) is 10.6 Å². The van der Waals surface area contributed by atoms with Crippen molar-refractivity contribution in [2.45, 2.75) is 26.6 Å². The molecule has 2 aromatic heterocycles. The predicted octanol–water partition coefficient (Wildman–Crippen LogP) is 4.02. The quantitative estimate of drug-likeness (QED) is 0.679. The molecule has 3 aromatic rings. The molecule has 3 rings (SSSR count). The van der Waals surface area contributed by atoms with Gasteiger partial charge in [-0.15, -0.1) is 0 Å². The number of amides is 1. The summed E-state index contributed by atoms with van der Waals surface area (Å²) in [5.41, 5.74) is 0.185. The summed E-state index contributed by atoms with van der Waals surface area (Å²) < 4.78 is 41.6. The molecule has 2 heterocycles. The van der Waals surface area contributed by atoms with Gasteiger partial charge in [-0.05, 0) is 32.0 Å². The Morgan fingerprint density at radius 3 is 2.61 bits per heavy atom. The number of hydrogen-bond donors (Lipinski definition) is 1. The molecule has 6 nitrogen and oxygen atoms in total. The summed E-state index contributed by atoms with van der Waals surface area (Å²) in [6, 6.07) is 4.35. The average Bonchev–Trinajstić information content (AvgIpc) is 3.10. The zero-order valence-electron chi connectivity index (χ0n) is 14.7. The highest BCUT2D eigenvalue weighted by Crippen LogP contribution is 2.34. The number of hydrogen-bond acceptors (Lipinski definition) is 4. The molecule has 1 amide bonds. The van der Waals surface area contributed by atoms with Crippen LogP contribution in [0, 0.1) is 13.8 Å². The molecule has 0 bridgehead atoms. The van der Waals surface area contributed by atoms with Gasteiger partial charge >= 0.3 is 11.0 Å². The molecular weight excluding hydrogens is 417 g/mol. The topological polar surface area (TPSA) is 68.9 Å². The van der Waals surface area contributed by atoms with E-state index >= 15 is 0 Å². The molecule has 0 saturated carbocycles. The van der Waals surface area contributed by atoms with Crippen molar-refractivity contribution in [2.75, 3.05) is 5.32 Å². The fourth-order valence-electron chi connectivity index (χ4n) is 2.55. The van der Waals surface area contributed by atoms with Crippen LogP contribution < -0.4 is 10.2 Å². The van der Waals surface area contributed by atoms with Crippen molar-refractivity contribution in [3.63, 3.8) is 0 Å². The highest BCUT2D eigenvalue weighted by molar-refractivity contribution is 7.07. The molecule has 1 N–H and O–H groups in total. The number of anilines is 1.